The maximum Gasteiger partial charge on any atom is 0.138 e. The average molecular weight is 247 g/mol. The maximum absolute atomic E-state index is 5.59. The van der Waals surface area contributed by atoms with Gasteiger partial charge in [-0.2, -0.15) is 0 Å². The van der Waals surface area contributed by atoms with Crippen LogP contribution in [0, 0.1) is 4.64 Å². The van der Waals surface area contributed by atoms with Crippen molar-refractivity contribution in [2.75, 3.05) is 0 Å². The number of nitrogens with zero attached hydrogens (tertiary/aromatic N) is 2. The van der Waals surface area contributed by atoms with Gasteiger partial charge in [0.2, 0.25) is 0 Å². The molecule has 17 heavy (non-hydrogen) atoms. The second kappa shape index (κ2) is 5.05. The van der Waals surface area contributed by atoms with Crippen LogP contribution in [0.1, 0.15) is 13.8 Å². The molecule has 0 atom stereocenters. The third-order valence-electron chi connectivity index (χ3n) is 2.08. The summed E-state index contributed by atoms with van der Waals surface area (Å²) >= 11 is 5.02. The van der Waals surface area contributed by atoms with Gasteiger partial charge in [0.25, 0.3) is 0 Å². The SMILES string of the molecule is CC(C)Oc1cncc(-c2cc(=S)nc[nH]2)c1. The third kappa shape index (κ3) is 3.10. The molecule has 0 aromatic carbocycles. The molecule has 88 valence electrons. The predicted molar refractivity (Wildman–Crippen MR) is 68.4 cm³/mol. The van der Waals surface area contributed by atoms with Gasteiger partial charge >= 0.3 is 0 Å². The molecule has 2 heterocycles. The first-order chi connectivity index (χ1) is 8.15. The Hall–Kier alpha value is -1.75. The van der Waals surface area contributed by atoms with Crippen LogP contribution >= 0.6 is 12.2 Å². The third-order valence-corrected chi connectivity index (χ3v) is 2.30. The highest BCUT2D eigenvalue weighted by Crippen LogP contribution is 2.20. The van der Waals surface area contributed by atoms with Crippen molar-refractivity contribution in [2.24, 2.45) is 0 Å². The van der Waals surface area contributed by atoms with Crippen LogP contribution in [0.15, 0.2) is 30.9 Å². The van der Waals surface area contributed by atoms with E-state index in [-0.39, 0.29) is 6.10 Å². The van der Waals surface area contributed by atoms with E-state index in [1.807, 2.05) is 19.9 Å². The minimum atomic E-state index is 0.128. The number of ether oxygens (including phenoxy) is 1. The van der Waals surface area contributed by atoms with Crippen LogP contribution in [0.4, 0.5) is 0 Å². The molecule has 0 saturated heterocycles. The number of nitrogens with one attached hydrogen (secondary N) is 1. The maximum atomic E-state index is 5.59. The molecule has 0 fully saturated rings. The Labute approximate surface area is 105 Å². The van der Waals surface area contributed by atoms with E-state index >= 15 is 0 Å². The van der Waals surface area contributed by atoms with E-state index in [0.29, 0.717) is 4.64 Å². The van der Waals surface area contributed by atoms with E-state index in [0.717, 1.165) is 17.0 Å². The summed E-state index contributed by atoms with van der Waals surface area (Å²) in [6.45, 7) is 3.96. The molecular formula is C12H13N3OS. The van der Waals surface area contributed by atoms with Crippen molar-refractivity contribution in [3.63, 3.8) is 0 Å². The van der Waals surface area contributed by atoms with Gasteiger partial charge in [0.15, 0.2) is 0 Å². The fraction of sp³-hybridized carbons (Fsp3) is 0.250. The summed E-state index contributed by atoms with van der Waals surface area (Å²) in [4.78, 5) is 11.1. The monoisotopic (exact) mass is 247 g/mol. The number of aromatic amines is 1. The second-order valence-corrected chi connectivity index (χ2v) is 4.29. The molecular weight excluding hydrogens is 234 g/mol. The molecule has 4 nitrogen and oxygen atoms in total. The minimum absolute atomic E-state index is 0.128. The molecule has 0 unspecified atom stereocenters. The number of hydrogen-bond donors (Lipinski definition) is 1. The zero-order valence-electron chi connectivity index (χ0n) is 9.68. The highest BCUT2D eigenvalue weighted by molar-refractivity contribution is 7.71. The molecule has 0 aliphatic heterocycles. The Balaban J connectivity index is 2.36. The summed E-state index contributed by atoms with van der Waals surface area (Å²) in [7, 11) is 0. The molecule has 0 spiro atoms. The van der Waals surface area contributed by atoms with Crippen molar-refractivity contribution in [2.45, 2.75) is 20.0 Å². The molecule has 0 saturated carbocycles. The first-order valence-corrected chi connectivity index (χ1v) is 5.73. The Morgan fingerprint density at radius 2 is 2.12 bits per heavy atom. The number of rotatable bonds is 3. The molecule has 1 N–H and O–H groups in total. The summed E-state index contributed by atoms with van der Waals surface area (Å²) in [6.07, 6.45) is 5.16. The average Bonchev–Trinajstić information content (AvgIpc) is 2.28. The van der Waals surface area contributed by atoms with Gasteiger partial charge < -0.3 is 9.72 Å². The van der Waals surface area contributed by atoms with E-state index in [2.05, 4.69) is 15.0 Å². The topological polar surface area (TPSA) is 50.8 Å². The lowest BCUT2D eigenvalue weighted by Gasteiger charge is -2.10. The molecule has 0 aliphatic carbocycles. The number of hydrogen-bond acceptors (Lipinski definition) is 4. The number of pyridine rings is 1. The molecule has 0 amide bonds. The first-order valence-electron chi connectivity index (χ1n) is 5.32. The van der Waals surface area contributed by atoms with Crippen LogP contribution < -0.4 is 4.74 Å². The summed E-state index contributed by atoms with van der Waals surface area (Å²) in [5.41, 5.74) is 1.81. The van der Waals surface area contributed by atoms with Crippen molar-refractivity contribution >= 4 is 12.2 Å². The highest BCUT2D eigenvalue weighted by Gasteiger charge is 2.03. The largest absolute Gasteiger partial charge is 0.489 e. The van der Waals surface area contributed by atoms with Gasteiger partial charge in [-0.05, 0) is 26.0 Å². The summed E-state index contributed by atoms with van der Waals surface area (Å²) in [5.74, 6) is 0.744. The van der Waals surface area contributed by atoms with Crippen molar-refractivity contribution in [3.8, 4) is 17.0 Å². The van der Waals surface area contributed by atoms with E-state index in [4.69, 9.17) is 17.0 Å². The second-order valence-electron chi connectivity index (χ2n) is 3.87. The van der Waals surface area contributed by atoms with Crippen molar-refractivity contribution < 1.29 is 4.74 Å². The molecule has 5 heteroatoms. The Morgan fingerprint density at radius 1 is 1.29 bits per heavy atom. The Bertz CT molecular complexity index is 565. The van der Waals surface area contributed by atoms with Gasteiger partial charge in [0, 0.05) is 11.8 Å². The summed E-state index contributed by atoms with van der Waals surface area (Å²) < 4.78 is 6.14. The van der Waals surface area contributed by atoms with Gasteiger partial charge in [0.1, 0.15) is 10.4 Å². The zero-order chi connectivity index (χ0) is 12.3. The predicted octanol–water partition coefficient (Wildman–Crippen LogP) is 2.99. The quantitative estimate of drug-likeness (QED) is 0.847. The Morgan fingerprint density at radius 3 is 2.82 bits per heavy atom. The van der Waals surface area contributed by atoms with Gasteiger partial charge in [-0.3, -0.25) is 4.98 Å². The van der Waals surface area contributed by atoms with Crippen LogP contribution in [-0.4, -0.2) is 21.1 Å². The normalized spacial score (nSPS) is 10.5. The standard InChI is InChI=1S/C12H13N3OS/c1-8(2)16-10-3-9(5-13-6-10)11-4-12(17)15-7-14-11/h3-8H,1-2H3,(H,14,15,17). The van der Waals surface area contributed by atoms with Crippen LogP contribution in [0.25, 0.3) is 11.3 Å². The molecule has 2 aromatic rings. The number of H-pyrrole nitrogens is 1. The van der Waals surface area contributed by atoms with Crippen molar-refractivity contribution in [1.29, 1.82) is 0 Å². The fourth-order valence-corrected chi connectivity index (χ4v) is 1.61. The number of aromatic nitrogens is 3. The van der Waals surface area contributed by atoms with E-state index in [1.165, 1.54) is 0 Å². The highest BCUT2D eigenvalue weighted by atomic mass is 32.1. The summed E-state index contributed by atoms with van der Waals surface area (Å²) in [6, 6.07) is 3.72. The van der Waals surface area contributed by atoms with Crippen molar-refractivity contribution in [3.05, 3.63) is 35.5 Å². The van der Waals surface area contributed by atoms with Crippen LogP contribution in [0.3, 0.4) is 0 Å². The first kappa shape index (κ1) is 11.7. The summed E-state index contributed by atoms with van der Waals surface area (Å²) in [5, 5.41) is 0. The van der Waals surface area contributed by atoms with Gasteiger partial charge in [-0.15, -0.1) is 0 Å². The Kier molecular flexibility index (Phi) is 3.49. The molecule has 2 rings (SSSR count). The molecule has 2 aromatic heterocycles. The van der Waals surface area contributed by atoms with Gasteiger partial charge in [-0.25, -0.2) is 4.98 Å². The lowest BCUT2D eigenvalue weighted by atomic mass is 10.2. The van der Waals surface area contributed by atoms with Gasteiger partial charge in [0.05, 0.1) is 24.3 Å². The van der Waals surface area contributed by atoms with Crippen LogP contribution in [-0.2, 0) is 0 Å². The fourth-order valence-electron chi connectivity index (χ4n) is 1.44. The van der Waals surface area contributed by atoms with E-state index in [9.17, 15) is 0 Å². The lowest BCUT2D eigenvalue weighted by Crippen LogP contribution is -2.05. The molecule has 0 bridgehead atoms. The lowest BCUT2D eigenvalue weighted by molar-refractivity contribution is 0.241. The minimum Gasteiger partial charge on any atom is -0.489 e. The molecule has 0 aliphatic rings. The van der Waals surface area contributed by atoms with Gasteiger partial charge in [-0.1, -0.05) is 12.2 Å². The van der Waals surface area contributed by atoms with Crippen LogP contribution in [0.2, 0.25) is 0 Å². The van der Waals surface area contributed by atoms with E-state index in [1.54, 1.807) is 24.8 Å². The van der Waals surface area contributed by atoms with Crippen LogP contribution in [0.5, 0.6) is 5.75 Å². The zero-order valence-corrected chi connectivity index (χ0v) is 10.5. The van der Waals surface area contributed by atoms with E-state index < -0.39 is 0 Å². The van der Waals surface area contributed by atoms with Crippen molar-refractivity contribution in [1.82, 2.24) is 15.0 Å². The molecule has 0 radical (unpaired) electrons. The smallest absolute Gasteiger partial charge is 0.138 e.